The van der Waals surface area contributed by atoms with Gasteiger partial charge in [-0.05, 0) is 24.8 Å². The standard InChI is InChI=1S/C13H22N4O.ClH/c1-13(2,3)11-6-10(16-17-11)12(18)15-7-9(14)8-4-5-8;/h6,8-9H,4-5,7,14H2,1-3H3,(H,15,18)(H,16,17);1H. The molecule has 0 spiro atoms. The first-order valence-corrected chi connectivity index (χ1v) is 6.47. The minimum absolute atomic E-state index is 0. The number of hydrogen-bond acceptors (Lipinski definition) is 3. The molecule has 1 unspecified atom stereocenters. The zero-order chi connectivity index (χ0) is 13.3. The number of halogens is 1. The summed E-state index contributed by atoms with van der Waals surface area (Å²) in [5.74, 6) is 0.437. The number of hydrogen-bond donors (Lipinski definition) is 3. The van der Waals surface area contributed by atoms with Crippen molar-refractivity contribution < 1.29 is 4.79 Å². The number of nitrogens with zero attached hydrogens (tertiary/aromatic N) is 1. The first-order chi connectivity index (χ1) is 8.38. The average Bonchev–Trinajstić information content (AvgIpc) is 3.00. The molecule has 1 aliphatic carbocycles. The second-order valence-corrected chi connectivity index (χ2v) is 6.13. The molecule has 0 bridgehead atoms. The third-order valence-electron chi connectivity index (χ3n) is 3.34. The lowest BCUT2D eigenvalue weighted by atomic mass is 9.92. The molecule has 1 heterocycles. The van der Waals surface area contributed by atoms with E-state index in [4.69, 9.17) is 5.73 Å². The van der Waals surface area contributed by atoms with Crippen LogP contribution in [0.2, 0.25) is 0 Å². The number of aromatic amines is 1. The van der Waals surface area contributed by atoms with Crippen molar-refractivity contribution in [2.45, 2.75) is 45.1 Å². The van der Waals surface area contributed by atoms with E-state index in [1.165, 1.54) is 12.8 Å². The minimum atomic E-state index is -0.155. The number of nitrogens with one attached hydrogen (secondary N) is 2. The van der Waals surface area contributed by atoms with E-state index in [0.29, 0.717) is 18.2 Å². The first kappa shape index (κ1) is 16.0. The van der Waals surface area contributed by atoms with Gasteiger partial charge in [-0.3, -0.25) is 9.89 Å². The highest BCUT2D eigenvalue weighted by Crippen LogP contribution is 2.31. The van der Waals surface area contributed by atoms with Crippen molar-refractivity contribution in [3.63, 3.8) is 0 Å². The maximum Gasteiger partial charge on any atom is 0.271 e. The van der Waals surface area contributed by atoms with E-state index in [1.807, 2.05) is 0 Å². The summed E-state index contributed by atoms with van der Waals surface area (Å²) in [5, 5.41) is 9.79. The Balaban J connectivity index is 0.00000180. The highest BCUT2D eigenvalue weighted by atomic mass is 35.5. The van der Waals surface area contributed by atoms with Gasteiger partial charge in [0.15, 0.2) is 0 Å². The van der Waals surface area contributed by atoms with Gasteiger partial charge in [0.1, 0.15) is 5.69 Å². The second kappa shape index (κ2) is 5.92. The van der Waals surface area contributed by atoms with Gasteiger partial charge in [-0.15, -0.1) is 12.4 Å². The van der Waals surface area contributed by atoms with Gasteiger partial charge in [0, 0.05) is 23.7 Å². The fraction of sp³-hybridized carbons (Fsp3) is 0.692. The number of amides is 1. The van der Waals surface area contributed by atoms with Crippen LogP contribution < -0.4 is 11.1 Å². The first-order valence-electron chi connectivity index (χ1n) is 6.47. The van der Waals surface area contributed by atoms with Crippen molar-refractivity contribution in [2.24, 2.45) is 11.7 Å². The van der Waals surface area contributed by atoms with Gasteiger partial charge in [-0.2, -0.15) is 5.10 Å². The van der Waals surface area contributed by atoms with Gasteiger partial charge >= 0.3 is 0 Å². The summed E-state index contributed by atoms with van der Waals surface area (Å²) in [6.45, 7) is 6.75. The van der Waals surface area contributed by atoms with Crippen molar-refractivity contribution in [1.29, 1.82) is 0 Å². The van der Waals surface area contributed by atoms with Crippen molar-refractivity contribution in [2.75, 3.05) is 6.54 Å². The quantitative estimate of drug-likeness (QED) is 0.786. The fourth-order valence-corrected chi connectivity index (χ4v) is 1.81. The molecular formula is C13H23ClN4O. The third-order valence-corrected chi connectivity index (χ3v) is 3.34. The molecule has 6 heteroatoms. The smallest absolute Gasteiger partial charge is 0.271 e. The van der Waals surface area contributed by atoms with E-state index in [1.54, 1.807) is 6.07 Å². The van der Waals surface area contributed by atoms with Crippen LogP contribution in [0.1, 0.15) is 49.8 Å². The van der Waals surface area contributed by atoms with Crippen molar-refractivity contribution in [3.8, 4) is 0 Å². The van der Waals surface area contributed by atoms with Crippen LogP contribution in [0.4, 0.5) is 0 Å². The molecule has 0 radical (unpaired) electrons. The van der Waals surface area contributed by atoms with Crippen LogP contribution in [0.3, 0.4) is 0 Å². The van der Waals surface area contributed by atoms with E-state index in [0.717, 1.165) is 5.69 Å². The van der Waals surface area contributed by atoms with Crippen LogP contribution in [-0.4, -0.2) is 28.7 Å². The minimum Gasteiger partial charge on any atom is -0.349 e. The SMILES string of the molecule is CC(C)(C)c1cc(C(=O)NCC(N)C2CC2)n[nH]1.Cl. The van der Waals surface area contributed by atoms with E-state index < -0.39 is 0 Å². The van der Waals surface area contributed by atoms with Crippen LogP contribution in [0.25, 0.3) is 0 Å². The van der Waals surface area contributed by atoms with Crippen molar-refractivity contribution in [3.05, 3.63) is 17.5 Å². The van der Waals surface area contributed by atoms with E-state index in [-0.39, 0.29) is 29.8 Å². The largest absolute Gasteiger partial charge is 0.349 e. The van der Waals surface area contributed by atoms with Crippen LogP contribution in [0, 0.1) is 5.92 Å². The number of rotatable bonds is 4. The van der Waals surface area contributed by atoms with Gasteiger partial charge in [0.2, 0.25) is 0 Å². The summed E-state index contributed by atoms with van der Waals surface area (Å²) in [4.78, 5) is 11.9. The molecule has 0 saturated heterocycles. The van der Waals surface area contributed by atoms with Crippen LogP contribution >= 0.6 is 12.4 Å². The second-order valence-electron chi connectivity index (χ2n) is 6.13. The number of nitrogens with two attached hydrogens (primary N) is 1. The van der Waals surface area contributed by atoms with Gasteiger partial charge in [-0.1, -0.05) is 20.8 Å². The van der Waals surface area contributed by atoms with E-state index in [2.05, 4.69) is 36.3 Å². The Morgan fingerprint density at radius 3 is 2.68 bits per heavy atom. The monoisotopic (exact) mass is 286 g/mol. The molecule has 1 amide bonds. The Labute approximate surface area is 120 Å². The summed E-state index contributed by atoms with van der Waals surface area (Å²) >= 11 is 0. The summed E-state index contributed by atoms with van der Waals surface area (Å²) < 4.78 is 0. The number of carbonyl (C=O) groups is 1. The Morgan fingerprint density at radius 2 is 2.21 bits per heavy atom. The lowest BCUT2D eigenvalue weighted by molar-refractivity contribution is 0.0945. The van der Waals surface area contributed by atoms with E-state index >= 15 is 0 Å². The molecule has 1 aromatic rings. The zero-order valence-electron chi connectivity index (χ0n) is 11.7. The highest BCUT2D eigenvalue weighted by Gasteiger charge is 2.28. The molecule has 0 aromatic carbocycles. The van der Waals surface area contributed by atoms with Crippen molar-refractivity contribution in [1.82, 2.24) is 15.5 Å². The third kappa shape index (κ3) is 4.21. The normalized spacial score (nSPS) is 16.6. The molecule has 2 rings (SSSR count). The van der Waals surface area contributed by atoms with Crippen molar-refractivity contribution >= 4 is 18.3 Å². The topological polar surface area (TPSA) is 83.8 Å². The van der Waals surface area contributed by atoms with Gasteiger partial charge in [0.25, 0.3) is 5.91 Å². The Hall–Kier alpha value is -1.07. The lowest BCUT2D eigenvalue weighted by Crippen LogP contribution is -2.38. The average molecular weight is 287 g/mol. The predicted molar refractivity (Wildman–Crippen MR) is 77.6 cm³/mol. The Bertz CT molecular complexity index is 434. The zero-order valence-corrected chi connectivity index (χ0v) is 12.5. The summed E-state index contributed by atoms with van der Waals surface area (Å²) in [6, 6.07) is 1.88. The summed E-state index contributed by atoms with van der Waals surface area (Å²) in [6.07, 6.45) is 2.38. The van der Waals surface area contributed by atoms with Crippen LogP contribution in [-0.2, 0) is 5.41 Å². The fourth-order valence-electron chi connectivity index (χ4n) is 1.81. The molecule has 108 valence electrons. The number of carbonyl (C=O) groups excluding carboxylic acids is 1. The van der Waals surface area contributed by atoms with E-state index in [9.17, 15) is 4.79 Å². The molecule has 19 heavy (non-hydrogen) atoms. The molecular weight excluding hydrogens is 264 g/mol. The predicted octanol–water partition coefficient (Wildman–Crippen LogP) is 1.60. The lowest BCUT2D eigenvalue weighted by Gasteiger charge is -2.14. The Kier molecular flexibility index (Phi) is 4.98. The molecule has 1 atom stereocenters. The summed E-state index contributed by atoms with van der Waals surface area (Å²) in [5.41, 5.74) is 7.30. The molecule has 1 aliphatic rings. The number of H-pyrrole nitrogens is 1. The molecule has 1 fully saturated rings. The molecule has 5 nitrogen and oxygen atoms in total. The molecule has 0 aliphatic heterocycles. The molecule has 1 aromatic heterocycles. The number of aromatic nitrogens is 2. The van der Waals surface area contributed by atoms with Crippen LogP contribution in [0.15, 0.2) is 6.07 Å². The summed E-state index contributed by atoms with van der Waals surface area (Å²) in [7, 11) is 0. The maximum atomic E-state index is 11.9. The highest BCUT2D eigenvalue weighted by molar-refractivity contribution is 5.92. The van der Waals surface area contributed by atoms with Gasteiger partial charge in [0.05, 0.1) is 0 Å². The molecule has 4 N–H and O–H groups in total. The molecule has 1 saturated carbocycles. The Morgan fingerprint density at radius 1 is 1.58 bits per heavy atom. The van der Waals surface area contributed by atoms with Crippen LogP contribution in [0.5, 0.6) is 0 Å². The van der Waals surface area contributed by atoms with Gasteiger partial charge < -0.3 is 11.1 Å². The maximum absolute atomic E-state index is 11.9. The van der Waals surface area contributed by atoms with Gasteiger partial charge in [-0.25, -0.2) is 0 Å².